The summed E-state index contributed by atoms with van der Waals surface area (Å²) in [6.45, 7) is 3.97. The number of halogens is 1. The summed E-state index contributed by atoms with van der Waals surface area (Å²) in [4.78, 5) is 20.3. The van der Waals surface area contributed by atoms with Crippen LogP contribution in [0.15, 0.2) is 40.0 Å². The van der Waals surface area contributed by atoms with Crippen molar-refractivity contribution in [1.29, 1.82) is 0 Å². The molecular weight excluding hydrogens is 466 g/mol. The predicted octanol–water partition coefficient (Wildman–Crippen LogP) is 4.02. The topological polar surface area (TPSA) is 115 Å². The number of hydrogen-bond donors (Lipinski definition) is 1. The Hall–Kier alpha value is -2.08. The third-order valence-corrected chi connectivity index (χ3v) is 7.67. The highest BCUT2D eigenvalue weighted by molar-refractivity contribution is 8.01. The lowest BCUT2D eigenvalue weighted by Gasteiger charge is -2.07. The molecule has 2 aromatic heterocycles. The lowest BCUT2D eigenvalue weighted by molar-refractivity contribution is 0.102. The molecule has 1 aromatic carbocycles. The van der Waals surface area contributed by atoms with Crippen LogP contribution in [0, 0.1) is 6.92 Å². The Bertz CT molecular complexity index is 1150. The Morgan fingerprint density at radius 3 is 2.67 bits per heavy atom. The molecule has 0 aliphatic carbocycles. The van der Waals surface area contributed by atoms with Gasteiger partial charge in [0.1, 0.15) is 0 Å². The summed E-state index contributed by atoms with van der Waals surface area (Å²) in [7, 11) is -3.87. The minimum absolute atomic E-state index is 0.0631. The summed E-state index contributed by atoms with van der Waals surface area (Å²) in [6.07, 6.45) is 2.09. The maximum Gasteiger partial charge on any atom is 0.277 e. The highest BCUT2D eigenvalue weighted by Crippen LogP contribution is 2.26. The van der Waals surface area contributed by atoms with Crippen molar-refractivity contribution in [3.8, 4) is 0 Å². The number of amides is 1. The monoisotopic (exact) mass is 483 g/mol. The number of aryl methyl sites for hydroxylation is 1. The van der Waals surface area contributed by atoms with Crippen molar-refractivity contribution in [1.82, 2.24) is 20.2 Å². The zero-order valence-corrected chi connectivity index (χ0v) is 19.3. The number of sulfone groups is 1. The van der Waals surface area contributed by atoms with Gasteiger partial charge in [-0.2, -0.15) is 0 Å². The van der Waals surface area contributed by atoms with E-state index in [1.165, 1.54) is 23.1 Å². The SMILES string of the molecule is CCCSc1nnc(NC(=O)c2nc(S(=O)(=O)Cc3ccc(C)cc3)ncc2Cl)s1. The molecule has 1 N–H and O–H groups in total. The molecule has 8 nitrogen and oxygen atoms in total. The van der Waals surface area contributed by atoms with Gasteiger partial charge in [0.05, 0.1) is 17.0 Å². The van der Waals surface area contributed by atoms with Crippen molar-refractivity contribution in [2.45, 2.75) is 35.5 Å². The Morgan fingerprint density at radius 1 is 1.23 bits per heavy atom. The first-order valence-electron chi connectivity index (χ1n) is 8.87. The largest absolute Gasteiger partial charge is 0.295 e. The van der Waals surface area contributed by atoms with Crippen molar-refractivity contribution in [2.75, 3.05) is 11.1 Å². The van der Waals surface area contributed by atoms with E-state index in [1.807, 2.05) is 19.1 Å². The molecule has 0 unspecified atom stereocenters. The van der Waals surface area contributed by atoms with Crippen LogP contribution in [-0.4, -0.2) is 40.2 Å². The fourth-order valence-corrected chi connectivity index (χ4v) is 5.35. The highest BCUT2D eigenvalue weighted by Gasteiger charge is 2.23. The van der Waals surface area contributed by atoms with Crippen LogP contribution in [0.2, 0.25) is 5.02 Å². The summed E-state index contributed by atoms with van der Waals surface area (Å²) >= 11 is 8.80. The molecule has 12 heteroatoms. The van der Waals surface area contributed by atoms with Gasteiger partial charge in [0, 0.05) is 5.75 Å². The fraction of sp³-hybridized carbons (Fsp3) is 0.278. The van der Waals surface area contributed by atoms with Crippen molar-refractivity contribution in [3.63, 3.8) is 0 Å². The van der Waals surface area contributed by atoms with Crippen molar-refractivity contribution in [3.05, 3.63) is 52.3 Å². The first-order chi connectivity index (χ1) is 14.3. The molecule has 2 heterocycles. The Balaban J connectivity index is 1.79. The van der Waals surface area contributed by atoms with Gasteiger partial charge in [-0.1, -0.05) is 71.5 Å². The third-order valence-electron chi connectivity index (χ3n) is 3.75. The van der Waals surface area contributed by atoms with Crippen LogP contribution >= 0.6 is 34.7 Å². The van der Waals surface area contributed by atoms with Crippen LogP contribution in [0.25, 0.3) is 0 Å². The van der Waals surface area contributed by atoms with E-state index in [2.05, 4.69) is 32.4 Å². The van der Waals surface area contributed by atoms with E-state index in [9.17, 15) is 13.2 Å². The van der Waals surface area contributed by atoms with Crippen molar-refractivity contribution >= 4 is 55.6 Å². The summed E-state index contributed by atoms with van der Waals surface area (Å²) in [5.74, 6) is -0.0789. The Labute approximate surface area is 187 Å². The number of carbonyl (C=O) groups is 1. The molecule has 0 atom stereocenters. The van der Waals surface area contributed by atoms with Crippen molar-refractivity contribution in [2.24, 2.45) is 0 Å². The molecule has 158 valence electrons. The van der Waals surface area contributed by atoms with Crippen LogP contribution in [0.3, 0.4) is 0 Å². The quantitative estimate of drug-likeness (QED) is 0.290. The molecule has 30 heavy (non-hydrogen) atoms. The van der Waals surface area contributed by atoms with Crippen LogP contribution in [0.1, 0.15) is 35.0 Å². The average molecular weight is 484 g/mol. The number of carbonyl (C=O) groups excluding carboxylic acids is 1. The zero-order valence-electron chi connectivity index (χ0n) is 16.1. The predicted molar refractivity (Wildman–Crippen MR) is 118 cm³/mol. The van der Waals surface area contributed by atoms with Gasteiger partial charge in [-0.25, -0.2) is 18.4 Å². The normalized spacial score (nSPS) is 11.4. The lowest BCUT2D eigenvalue weighted by atomic mass is 10.2. The summed E-state index contributed by atoms with van der Waals surface area (Å²) in [5, 5.41) is 10.2. The number of nitrogens with zero attached hydrogens (tertiary/aromatic N) is 4. The van der Waals surface area contributed by atoms with Gasteiger partial charge < -0.3 is 0 Å². The van der Waals surface area contributed by atoms with E-state index in [1.54, 1.807) is 12.1 Å². The summed E-state index contributed by atoms with van der Waals surface area (Å²) in [6, 6.07) is 7.09. The molecule has 0 radical (unpaired) electrons. The number of thioether (sulfide) groups is 1. The molecule has 0 saturated heterocycles. The van der Waals surface area contributed by atoms with Gasteiger partial charge in [0.2, 0.25) is 20.1 Å². The lowest BCUT2D eigenvalue weighted by Crippen LogP contribution is -2.18. The minimum Gasteiger partial charge on any atom is -0.295 e. The number of aromatic nitrogens is 4. The minimum atomic E-state index is -3.87. The van der Waals surface area contributed by atoms with E-state index in [-0.39, 0.29) is 21.6 Å². The Kier molecular flexibility index (Phi) is 7.40. The summed E-state index contributed by atoms with van der Waals surface area (Å²) < 4.78 is 26.1. The zero-order chi connectivity index (χ0) is 21.7. The number of rotatable bonds is 8. The van der Waals surface area contributed by atoms with E-state index in [0.29, 0.717) is 5.56 Å². The van der Waals surface area contributed by atoms with Crippen LogP contribution in [0.4, 0.5) is 5.13 Å². The van der Waals surface area contributed by atoms with E-state index in [4.69, 9.17) is 11.6 Å². The number of anilines is 1. The second-order valence-electron chi connectivity index (χ2n) is 6.27. The molecule has 0 aliphatic rings. The molecular formula is C18H18ClN5O3S3. The number of benzene rings is 1. The van der Waals surface area contributed by atoms with Crippen molar-refractivity contribution < 1.29 is 13.2 Å². The van der Waals surface area contributed by atoms with Gasteiger partial charge in [-0.15, -0.1) is 10.2 Å². The van der Waals surface area contributed by atoms with Crippen LogP contribution in [-0.2, 0) is 15.6 Å². The molecule has 0 spiro atoms. The summed E-state index contributed by atoms with van der Waals surface area (Å²) in [5.41, 5.74) is 1.37. The highest BCUT2D eigenvalue weighted by atomic mass is 35.5. The standard InChI is InChI=1S/C18H18ClN5O3S3/c1-3-8-28-18-24-23-16(29-18)22-15(25)14-13(19)9-20-17(21-14)30(26,27)10-12-6-4-11(2)5-7-12/h4-7,9H,3,8,10H2,1-2H3,(H,22,23,25). The van der Waals surface area contributed by atoms with Gasteiger partial charge >= 0.3 is 0 Å². The van der Waals surface area contributed by atoms with Gasteiger partial charge in [0.15, 0.2) is 10.0 Å². The Morgan fingerprint density at radius 2 is 1.97 bits per heavy atom. The van der Waals surface area contributed by atoms with Gasteiger partial charge in [-0.3, -0.25) is 10.1 Å². The van der Waals surface area contributed by atoms with Crippen LogP contribution in [0.5, 0.6) is 0 Å². The molecule has 0 aliphatic heterocycles. The second kappa shape index (κ2) is 9.82. The average Bonchev–Trinajstić information content (AvgIpc) is 3.15. The third kappa shape index (κ3) is 5.75. The molecule has 0 bridgehead atoms. The maximum atomic E-state index is 12.7. The first-order valence-corrected chi connectivity index (χ1v) is 12.7. The first kappa shape index (κ1) is 22.6. The molecule has 1 amide bonds. The molecule has 3 rings (SSSR count). The maximum absolute atomic E-state index is 12.7. The fourth-order valence-electron chi connectivity index (χ4n) is 2.29. The number of hydrogen-bond acceptors (Lipinski definition) is 9. The van der Waals surface area contributed by atoms with E-state index in [0.717, 1.165) is 28.3 Å². The van der Waals surface area contributed by atoms with Gasteiger partial charge in [-0.05, 0) is 18.9 Å². The molecule has 0 saturated carbocycles. The molecule has 0 fully saturated rings. The smallest absolute Gasteiger partial charge is 0.277 e. The second-order valence-corrected chi connectivity index (χ2v) is 10.9. The van der Waals surface area contributed by atoms with Crippen LogP contribution < -0.4 is 5.32 Å². The number of nitrogens with one attached hydrogen (secondary N) is 1. The van der Waals surface area contributed by atoms with E-state index >= 15 is 0 Å². The molecule has 3 aromatic rings. The van der Waals surface area contributed by atoms with E-state index < -0.39 is 20.9 Å². The van der Waals surface area contributed by atoms with Gasteiger partial charge in [0.25, 0.3) is 5.91 Å².